The third-order valence-corrected chi connectivity index (χ3v) is 4.58. The highest BCUT2D eigenvalue weighted by Crippen LogP contribution is 2.42. The number of halogens is 1. The smallest absolute Gasteiger partial charge is 0.203 e. The molecule has 2 aromatic rings. The van der Waals surface area contributed by atoms with E-state index in [9.17, 15) is 5.11 Å². The number of benzene rings is 1. The summed E-state index contributed by atoms with van der Waals surface area (Å²) in [6, 6.07) is 3.44. The molecule has 108 valence electrons. The fourth-order valence-electron chi connectivity index (χ4n) is 1.83. The van der Waals surface area contributed by atoms with Crippen molar-refractivity contribution < 1.29 is 19.3 Å². The molecule has 0 spiro atoms. The third kappa shape index (κ3) is 2.74. The van der Waals surface area contributed by atoms with Gasteiger partial charge in [0.15, 0.2) is 11.5 Å². The van der Waals surface area contributed by atoms with Gasteiger partial charge in [-0.25, -0.2) is 4.98 Å². The van der Waals surface area contributed by atoms with Crippen LogP contribution in [0, 0.1) is 0 Å². The zero-order chi connectivity index (χ0) is 14.7. The highest BCUT2D eigenvalue weighted by atomic mass is 79.9. The van der Waals surface area contributed by atoms with Gasteiger partial charge in [0, 0.05) is 0 Å². The van der Waals surface area contributed by atoms with Gasteiger partial charge in [-0.3, -0.25) is 0 Å². The molecular weight excluding hydrogens is 346 g/mol. The molecule has 1 atom stereocenters. The Hall–Kier alpha value is -1.31. The number of hydrogen-bond donors (Lipinski definition) is 1. The molecule has 0 aliphatic heterocycles. The Morgan fingerprint density at radius 2 is 1.75 bits per heavy atom. The van der Waals surface area contributed by atoms with E-state index in [1.165, 1.54) is 32.7 Å². The molecule has 2 rings (SSSR count). The van der Waals surface area contributed by atoms with E-state index in [0.717, 1.165) is 4.88 Å². The van der Waals surface area contributed by atoms with E-state index in [1.54, 1.807) is 17.6 Å². The molecule has 1 heterocycles. The number of ether oxygens (including phenoxy) is 3. The van der Waals surface area contributed by atoms with Gasteiger partial charge in [0.1, 0.15) is 10.7 Å². The van der Waals surface area contributed by atoms with E-state index in [-0.39, 0.29) is 0 Å². The summed E-state index contributed by atoms with van der Waals surface area (Å²) in [5.74, 6) is 1.50. The van der Waals surface area contributed by atoms with E-state index in [4.69, 9.17) is 14.2 Å². The molecule has 1 unspecified atom stereocenters. The molecule has 7 heteroatoms. The number of rotatable bonds is 5. The topological polar surface area (TPSA) is 60.8 Å². The first-order chi connectivity index (χ1) is 9.62. The van der Waals surface area contributed by atoms with Gasteiger partial charge in [-0.15, -0.1) is 11.3 Å². The van der Waals surface area contributed by atoms with Crippen molar-refractivity contribution in [3.8, 4) is 17.2 Å². The molecule has 20 heavy (non-hydrogen) atoms. The molecule has 1 aromatic carbocycles. The number of nitrogens with zero attached hydrogens (tertiary/aromatic N) is 1. The molecule has 1 aromatic heterocycles. The molecule has 0 fully saturated rings. The largest absolute Gasteiger partial charge is 0.493 e. The maximum absolute atomic E-state index is 10.5. The van der Waals surface area contributed by atoms with Gasteiger partial charge in [-0.1, -0.05) is 0 Å². The normalized spacial score (nSPS) is 12.1. The van der Waals surface area contributed by atoms with E-state index in [2.05, 4.69) is 20.9 Å². The van der Waals surface area contributed by atoms with Crippen molar-refractivity contribution in [2.45, 2.75) is 6.10 Å². The number of hydrogen-bond acceptors (Lipinski definition) is 6. The summed E-state index contributed by atoms with van der Waals surface area (Å²) in [4.78, 5) is 4.79. The lowest BCUT2D eigenvalue weighted by Gasteiger charge is -2.16. The number of thiazole rings is 1. The highest BCUT2D eigenvalue weighted by Gasteiger charge is 2.21. The van der Waals surface area contributed by atoms with E-state index in [0.29, 0.717) is 27.4 Å². The average molecular weight is 360 g/mol. The summed E-state index contributed by atoms with van der Waals surface area (Å²) >= 11 is 4.68. The maximum Gasteiger partial charge on any atom is 0.203 e. The van der Waals surface area contributed by atoms with Crippen LogP contribution in [-0.4, -0.2) is 31.4 Å². The zero-order valence-corrected chi connectivity index (χ0v) is 13.6. The number of aliphatic hydroxyl groups excluding tert-OH is 1. The fourth-order valence-corrected chi connectivity index (χ4v) is 3.25. The van der Waals surface area contributed by atoms with Crippen molar-refractivity contribution in [3.05, 3.63) is 32.7 Å². The quantitative estimate of drug-likeness (QED) is 0.888. The van der Waals surface area contributed by atoms with Crippen LogP contribution in [0.15, 0.2) is 22.2 Å². The molecule has 0 aliphatic rings. The van der Waals surface area contributed by atoms with E-state index in [1.807, 2.05) is 0 Å². The Balaban J connectivity index is 2.49. The zero-order valence-electron chi connectivity index (χ0n) is 11.2. The standard InChI is InChI=1S/C13H14BrNO4S/c1-17-8-4-7(5-9(18-2)11(8)19-3)10(16)12-13(14)15-6-20-12/h4-6,10,16H,1-3H3. The predicted molar refractivity (Wildman–Crippen MR) is 80.0 cm³/mol. The van der Waals surface area contributed by atoms with Gasteiger partial charge in [0.2, 0.25) is 5.75 Å². The summed E-state index contributed by atoms with van der Waals surface area (Å²) < 4.78 is 16.4. The minimum atomic E-state index is -0.814. The summed E-state index contributed by atoms with van der Waals surface area (Å²) in [6.07, 6.45) is -0.814. The predicted octanol–water partition coefficient (Wildman–Crippen LogP) is 3.01. The second-order valence-corrected chi connectivity index (χ2v) is 5.51. The van der Waals surface area contributed by atoms with Gasteiger partial charge in [-0.2, -0.15) is 0 Å². The lowest BCUT2D eigenvalue weighted by molar-refractivity contribution is 0.221. The summed E-state index contributed by atoms with van der Waals surface area (Å²) in [6.45, 7) is 0. The Morgan fingerprint density at radius 1 is 1.15 bits per heavy atom. The average Bonchev–Trinajstić information content (AvgIpc) is 2.90. The monoisotopic (exact) mass is 359 g/mol. The van der Waals surface area contributed by atoms with Crippen LogP contribution >= 0.6 is 27.3 Å². The van der Waals surface area contributed by atoms with Crippen LogP contribution in [0.5, 0.6) is 17.2 Å². The van der Waals surface area contributed by atoms with Crippen molar-refractivity contribution >= 4 is 27.3 Å². The van der Waals surface area contributed by atoms with Crippen molar-refractivity contribution in [3.63, 3.8) is 0 Å². The lowest BCUT2D eigenvalue weighted by Crippen LogP contribution is -2.02. The molecule has 0 amide bonds. The number of methoxy groups -OCH3 is 3. The van der Waals surface area contributed by atoms with Gasteiger partial charge >= 0.3 is 0 Å². The van der Waals surface area contributed by atoms with Gasteiger partial charge in [0.25, 0.3) is 0 Å². The maximum atomic E-state index is 10.5. The second-order valence-electron chi connectivity index (χ2n) is 3.87. The van der Waals surface area contributed by atoms with Crippen molar-refractivity contribution in [1.82, 2.24) is 4.98 Å². The van der Waals surface area contributed by atoms with Gasteiger partial charge in [-0.05, 0) is 33.6 Å². The summed E-state index contributed by atoms with van der Waals surface area (Å²) in [7, 11) is 4.61. The van der Waals surface area contributed by atoms with Crippen molar-refractivity contribution in [2.75, 3.05) is 21.3 Å². The van der Waals surface area contributed by atoms with Crippen LogP contribution < -0.4 is 14.2 Å². The Labute approximate surface area is 129 Å². The Kier molecular flexibility index (Phi) is 4.85. The molecular formula is C13H14BrNO4S. The summed E-state index contributed by atoms with van der Waals surface area (Å²) in [5.41, 5.74) is 2.31. The molecule has 1 N–H and O–H groups in total. The van der Waals surface area contributed by atoms with Crippen molar-refractivity contribution in [1.29, 1.82) is 0 Å². The fraction of sp³-hybridized carbons (Fsp3) is 0.308. The van der Waals surface area contributed by atoms with Gasteiger partial charge < -0.3 is 19.3 Å². The molecule has 0 bridgehead atoms. The molecule has 0 saturated heterocycles. The number of aromatic nitrogens is 1. The molecule has 0 saturated carbocycles. The first kappa shape index (κ1) is 15.1. The first-order valence-electron chi connectivity index (χ1n) is 5.69. The van der Waals surface area contributed by atoms with E-state index >= 15 is 0 Å². The first-order valence-corrected chi connectivity index (χ1v) is 7.36. The lowest BCUT2D eigenvalue weighted by atomic mass is 10.1. The third-order valence-electron chi connectivity index (χ3n) is 2.80. The van der Waals surface area contributed by atoms with E-state index < -0.39 is 6.10 Å². The molecule has 5 nitrogen and oxygen atoms in total. The Bertz CT molecular complexity index is 577. The van der Waals surface area contributed by atoms with Crippen LogP contribution in [0.25, 0.3) is 0 Å². The second kappa shape index (κ2) is 6.43. The minimum Gasteiger partial charge on any atom is -0.493 e. The van der Waals surface area contributed by atoms with Gasteiger partial charge in [0.05, 0.1) is 31.7 Å². The van der Waals surface area contributed by atoms with Crippen molar-refractivity contribution in [2.24, 2.45) is 0 Å². The van der Waals surface area contributed by atoms with Crippen LogP contribution in [0.3, 0.4) is 0 Å². The SMILES string of the molecule is COc1cc(C(O)c2scnc2Br)cc(OC)c1OC. The van der Waals surface area contributed by atoms with Crippen LogP contribution in [0.2, 0.25) is 0 Å². The molecule has 0 aliphatic carbocycles. The minimum absolute atomic E-state index is 0.495. The van der Waals surface area contributed by atoms with Crippen LogP contribution in [0.1, 0.15) is 16.5 Å². The molecule has 0 radical (unpaired) electrons. The Morgan fingerprint density at radius 3 is 2.15 bits per heavy atom. The summed E-state index contributed by atoms with van der Waals surface area (Å²) in [5, 5.41) is 10.5. The van der Waals surface area contributed by atoms with Crippen LogP contribution in [-0.2, 0) is 0 Å². The highest BCUT2D eigenvalue weighted by molar-refractivity contribution is 9.10. The number of aliphatic hydroxyl groups is 1. The van der Waals surface area contributed by atoms with Crippen LogP contribution in [0.4, 0.5) is 0 Å².